The molecule has 0 unspecified atom stereocenters. The molecule has 1 aliphatic heterocycles. The van der Waals surface area contributed by atoms with Crippen molar-refractivity contribution in [1.82, 2.24) is 10.2 Å². The molecule has 2 N–H and O–H groups in total. The zero-order chi connectivity index (χ0) is 16.7. The lowest BCUT2D eigenvalue weighted by Crippen LogP contribution is -2.45. The number of benzene rings is 1. The van der Waals surface area contributed by atoms with Gasteiger partial charge in [-0.05, 0) is 49.3 Å². The molecule has 5 heteroatoms. The summed E-state index contributed by atoms with van der Waals surface area (Å²) in [5, 5.41) is 12.1. The molecule has 5 nitrogen and oxygen atoms in total. The summed E-state index contributed by atoms with van der Waals surface area (Å²) in [5.74, 6) is 0.365. The first kappa shape index (κ1) is 17.6. The molecular weight excluding hydrogens is 290 g/mol. The number of carbonyl (C=O) groups is 1. The molecule has 0 saturated carbocycles. The van der Waals surface area contributed by atoms with Crippen molar-refractivity contribution >= 4 is 11.7 Å². The Kier molecular flexibility index (Phi) is 6.71. The average Bonchev–Trinajstić information content (AvgIpc) is 2.59. The highest BCUT2D eigenvalue weighted by Gasteiger charge is 2.21. The number of carbonyl (C=O) groups excluding carboxylic acids is 1. The summed E-state index contributed by atoms with van der Waals surface area (Å²) in [6.45, 7) is 2.45. The number of likely N-dealkylation sites (tertiary alicyclic amines) is 1. The van der Waals surface area contributed by atoms with Crippen molar-refractivity contribution in [2.75, 3.05) is 45.2 Å². The van der Waals surface area contributed by atoms with Crippen LogP contribution in [0.5, 0.6) is 0 Å². The number of amides is 2. The molecule has 128 valence electrons. The van der Waals surface area contributed by atoms with E-state index in [1.807, 2.05) is 19.0 Å². The first-order chi connectivity index (χ1) is 11.1. The quantitative estimate of drug-likeness (QED) is 0.790. The normalized spacial score (nSPS) is 15.5. The summed E-state index contributed by atoms with van der Waals surface area (Å²) >= 11 is 0. The molecule has 1 aliphatic rings. The smallest absolute Gasteiger partial charge is 0.317 e. The predicted octanol–water partition coefficient (Wildman–Crippen LogP) is 2.10. The number of piperidine rings is 1. The van der Waals surface area contributed by atoms with Crippen LogP contribution < -0.4 is 10.2 Å². The fourth-order valence-electron chi connectivity index (χ4n) is 2.88. The Hall–Kier alpha value is -1.75. The Balaban J connectivity index is 1.64. The Morgan fingerprint density at radius 1 is 1.26 bits per heavy atom. The molecule has 0 aromatic heterocycles. The third kappa shape index (κ3) is 5.43. The van der Waals surface area contributed by atoms with Crippen LogP contribution in [0.25, 0.3) is 0 Å². The molecule has 2 rings (SSSR count). The molecule has 1 saturated heterocycles. The minimum absolute atomic E-state index is 0.0318. The number of aryl methyl sites for hydroxylation is 1. The number of aliphatic hydroxyl groups is 1. The van der Waals surface area contributed by atoms with Gasteiger partial charge >= 0.3 is 6.03 Å². The monoisotopic (exact) mass is 319 g/mol. The van der Waals surface area contributed by atoms with Crippen molar-refractivity contribution in [2.24, 2.45) is 5.92 Å². The van der Waals surface area contributed by atoms with E-state index in [0.29, 0.717) is 12.5 Å². The zero-order valence-electron chi connectivity index (χ0n) is 14.3. The number of nitrogens with one attached hydrogen (secondary N) is 1. The van der Waals surface area contributed by atoms with Crippen LogP contribution in [0.1, 0.15) is 24.8 Å². The van der Waals surface area contributed by atoms with E-state index in [1.54, 1.807) is 0 Å². The topological polar surface area (TPSA) is 55.8 Å². The second-order valence-corrected chi connectivity index (χ2v) is 6.51. The number of aliphatic hydroxyl groups excluding tert-OH is 1. The molecule has 0 bridgehead atoms. The minimum Gasteiger partial charge on any atom is -0.396 e. The van der Waals surface area contributed by atoms with Crippen LogP contribution in [0.15, 0.2) is 24.3 Å². The Morgan fingerprint density at radius 3 is 2.48 bits per heavy atom. The van der Waals surface area contributed by atoms with Crippen LogP contribution in [0.2, 0.25) is 0 Å². The number of nitrogens with zero attached hydrogens (tertiary/aromatic N) is 2. The summed E-state index contributed by atoms with van der Waals surface area (Å²) < 4.78 is 0. The van der Waals surface area contributed by atoms with E-state index >= 15 is 0 Å². The largest absolute Gasteiger partial charge is 0.396 e. The molecule has 1 aromatic rings. The van der Waals surface area contributed by atoms with Crippen LogP contribution in [0, 0.1) is 5.92 Å². The molecule has 0 radical (unpaired) electrons. The molecule has 23 heavy (non-hydrogen) atoms. The Morgan fingerprint density at radius 2 is 1.91 bits per heavy atom. The van der Waals surface area contributed by atoms with Crippen molar-refractivity contribution in [2.45, 2.75) is 25.7 Å². The number of hydrogen-bond donors (Lipinski definition) is 2. The van der Waals surface area contributed by atoms with E-state index in [1.165, 1.54) is 11.3 Å². The van der Waals surface area contributed by atoms with Crippen LogP contribution in [0.4, 0.5) is 10.5 Å². The third-order valence-electron chi connectivity index (χ3n) is 4.53. The van der Waals surface area contributed by atoms with Crippen LogP contribution in [-0.4, -0.2) is 56.4 Å². The highest BCUT2D eigenvalue weighted by atomic mass is 16.3. The maximum absolute atomic E-state index is 12.1. The lowest BCUT2D eigenvalue weighted by atomic mass is 9.98. The van der Waals surface area contributed by atoms with Gasteiger partial charge in [-0.1, -0.05) is 12.1 Å². The summed E-state index contributed by atoms with van der Waals surface area (Å²) in [5.41, 5.74) is 2.50. The summed E-state index contributed by atoms with van der Waals surface area (Å²) in [6, 6.07) is 8.58. The first-order valence-electron chi connectivity index (χ1n) is 8.50. The fourth-order valence-corrected chi connectivity index (χ4v) is 2.88. The van der Waals surface area contributed by atoms with Crippen molar-refractivity contribution in [1.29, 1.82) is 0 Å². The van der Waals surface area contributed by atoms with Gasteiger partial charge in [0.15, 0.2) is 0 Å². The van der Waals surface area contributed by atoms with Crippen LogP contribution >= 0.6 is 0 Å². The van der Waals surface area contributed by atoms with Crippen LogP contribution in [-0.2, 0) is 6.42 Å². The van der Waals surface area contributed by atoms with Gasteiger partial charge in [0, 0.05) is 46.0 Å². The predicted molar refractivity (Wildman–Crippen MR) is 93.9 cm³/mol. The second-order valence-electron chi connectivity index (χ2n) is 6.51. The van der Waals surface area contributed by atoms with Crippen molar-refractivity contribution in [3.05, 3.63) is 29.8 Å². The molecule has 1 heterocycles. The van der Waals surface area contributed by atoms with E-state index in [2.05, 4.69) is 34.5 Å². The minimum atomic E-state index is 0.0318. The average molecular weight is 319 g/mol. The number of rotatable bonds is 6. The SMILES string of the molecule is CN(C)c1ccc(CCCNC(=O)N2CCC(CO)CC2)cc1. The van der Waals surface area contributed by atoms with E-state index in [9.17, 15) is 4.79 Å². The highest BCUT2D eigenvalue weighted by molar-refractivity contribution is 5.74. The summed E-state index contributed by atoms with van der Waals surface area (Å²) in [4.78, 5) is 16.0. The molecule has 1 fully saturated rings. The number of hydrogen-bond acceptors (Lipinski definition) is 3. The first-order valence-corrected chi connectivity index (χ1v) is 8.50. The van der Waals surface area contributed by atoms with E-state index < -0.39 is 0 Å². The van der Waals surface area contributed by atoms with E-state index in [4.69, 9.17) is 5.11 Å². The van der Waals surface area contributed by atoms with Crippen LogP contribution in [0.3, 0.4) is 0 Å². The van der Waals surface area contributed by atoms with Gasteiger partial charge in [-0.15, -0.1) is 0 Å². The van der Waals surface area contributed by atoms with Crippen molar-refractivity contribution < 1.29 is 9.90 Å². The molecular formula is C18H29N3O2. The number of urea groups is 1. The molecule has 0 aliphatic carbocycles. The Labute approximate surface area is 139 Å². The third-order valence-corrected chi connectivity index (χ3v) is 4.53. The maximum Gasteiger partial charge on any atom is 0.317 e. The van der Waals surface area contributed by atoms with Gasteiger partial charge in [0.2, 0.25) is 0 Å². The van der Waals surface area contributed by atoms with E-state index in [-0.39, 0.29) is 12.6 Å². The maximum atomic E-state index is 12.1. The highest BCUT2D eigenvalue weighted by Crippen LogP contribution is 2.16. The summed E-state index contributed by atoms with van der Waals surface area (Å²) in [7, 11) is 4.07. The summed E-state index contributed by atoms with van der Waals surface area (Å²) in [6.07, 6.45) is 3.73. The lowest BCUT2D eigenvalue weighted by molar-refractivity contribution is 0.137. The van der Waals surface area contributed by atoms with Gasteiger partial charge in [0.1, 0.15) is 0 Å². The molecule has 1 aromatic carbocycles. The second kappa shape index (κ2) is 8.77. The Bertz CT molecular complexity index is 480. The number of anilines is 1. The van der Waals surface area contributed by atoms with Gasteiger partial charge in [-0.3, -0.25) is 0 Å². The van der Waals surface area contributed by atoms with Gasteiger partial charge in [0.05, 0.1) is 0 Å². The van der Waals surface area contributed by atoms with Crippen molar-refractivity contribution in [3.63, 3.8) is 0 Å². The van der Waals surface area contributed by atoms with Gasteiger partial charge < -0.3 is 20.2 Å². The zero-order valence-corrected chi connectivity index (χ0v) is 14.3. The molecule has 2 amide bonds. The standard InChI is InChI=1S/C18H29N3O2/c1-20(2)17-7-5-15(6-8-17)4-3-11-19-18(23)21-12-9-16(14-22)10-13-21/h5-8,16,22H,3-4,9-14H2,1-2H3,(H,19,23). The van der Waals surface area contributed by atoms with Crippen molar-refractivity contribution in [3.8, 4) is 0 Å². The van der Waals surface area contributed by atoms with Gasteiger partial charge in [-0.2, -0.15) is 0 Å². The van der Waals surface area contributed by atoms with Gasteiger partial charge in [-0.25, -0.2) is 4.79 Å². The molecule has 0 spiro atoms. The fraction of sp³-hybridized carbons (Fsp3) is 0.611. The van der Waals surface area contributed by atoms with E-state index in [0.717, 1.165) is 38.8 Å². The molecule has 0 atom stereocenters. The lowest BCUT2D eigenvalue weighted by Gasteiger charge is -2.31. The van der Waals surface area contributed by atoms with Gasteiger partial charge in [0.25, 0.3) is 0 Å².